The van der Waals surface area contributed by atoms with E-state index in [-0.39, 0.29) is 36.0 Å². The Kier molecular flexibility index (Phi) is 9.31. The van der Waals surface area contributed by atoms with E-state index >= 15 is 0 Å². The van der Waals surface area contributed by atoms with E-state index < -0.39 is 17.7 Å². The molecular formula is C35H29F4N5O3S. The van der Waals surface area contributed by atoms with Crippen LogP contribution in [0.4, 0.5) is 17.6 Å². The minimum absolute atomic E-state index is 0.0109. The molecule has 0 spiro atoms. The van der Waals surface area contributed by atoms with Gasteiger partial charge in [-0.3, -0.25) is 9.59 Å². The van der Waals surface area contributed by atoms with Crippen molar-refractivity contribution in [1.82, 2.24) is 24.3 Å². The second-order valence-electron chi connectivity index (χ2n) is 11.3. The van der Waals surface area contributed by atoms with Crippen LogP contribution in [0.5, 0.6) is 0 Å². The van der Waals surface area contributed by atoms with E-state index in [0.29, 0.717) is 40.7 Å². The maximum atomic E-state index is 13.5. The number of fused-ring (bicyclic) bond motifs is 1. The number of rotatable bonds is 10. The molecule has 0 fully saturated rings. The third-order valence-electron chi connectivity index (χ3n) is 7.97. The molecule has 0 saturated carbocycles. The summed E-state index contributed by atoms with van der Waals surface area (Å²) in [5.74, 6) is 0.288. The fourth-order valence-electron chi connectivity index (χ4n) is 5.61. The lowest BCUT2D eigenvalue weighted by molar-refractivity contribution is -0.137. The molecule has 2 heterocycles. The van der Waals surface area contributed by atoms with E-state index in [0.717, 1.165) is 40.9 Å². The highest BCUT2D eigenvalue weighted by atomic mass is 32.2. The van der Waals surface area contributed by atoms with Crippen LogP contribution in [0.2, 0.25) is 0 Å². The van der Waals surface area contributed by atoms with Gasteiger partial charge >= 0.3 is 12.1 Å². The molecule has 0 atom stereocenters. The third-order valence-corrected chi connectivity index (χ3v) is 9.01. The summed E-state index contributed by atoms with van der Waals surface area (Å²) in [5, 5.41) is 9.23. The first-order valence-corrected chi connectivity index (χ1v) is 16.0. The van der Waals surface area contributed by atoms with Gasteiger partial charge in [0, 0.05) is 23.9 Å². The molecule has 8 nitrogen and oxygen atoms in total. The van der Waals surface area contributed by atoms with Gasteiger partial charge in [0.1, 0.15) is 5.82 Å². The average Bonchev–Trinajstić information content (AvgIpc) is 3.70. The molecule has 48 heavy (non-hydrogen) atoms. The zero-order chi connectivity index (χ0) is 34.0. The summed E-state index contributed by atoms with van der Waals surface area (Å²) in [6.07, 6.45) is -2.30. The predicted molar refractivity (Wildman–Crippen MR) is 172 cm³/mol. The van der Waals surface area contributed by atoms with Crippen LogP contribution in [0.15, 0.2) is 89.3 Å². The van der Waals surface area contributed by atoms with Crippen LogP contribution in [-0.2, 0) is 47.4 Å². The van der Waals surface area contributed by atoms with Gasteiger partial charge < -0.3 is 13.9 Å². The van der Waals surface area contributed by atoms with Gasteiger partial charge in [0.25, 0.3) is 5.56 Å². The molecule has 3 aromatic carbocycles. The van der Waals surface area contributed by atoms with Crippen molar-refractivity contribution in [1.29, 1.82) is 0 Å². The summed E-state index contributed by atoms with van der Waals surface area (Å²) in [5.41, 5.74) is 3.60. The maximum absolute atomic E-state index is 13.5. The fraction of sp³-hybridized carbons (Fsp3) is 0.229. The number of benzene rings is 3. The Balaban J connectivity index is 1.32. The van der Waals surface area contributed by atoms with Crippen molar-refractivity contribution in [2.24, 2.45) is 0 Å². The molecule has 0 amide bonds. The normalized spacial score (nSPS) is 12.6. The molecular weight excluding hydrogens is 646 g/mol. The van der Waals surface area contributed by atoms with Crippen molar-refractivity contribution in [3.05, 3.63) is 135 Å². The molecule has 0 radical (unpaired) electrons. The summed E-state index contributed by atoms with van der Waals surface area (Å²) >= 11 is 1.36. The van der Waals surface area contributed by atoms with E-state index in [1.807, 2.05) is 28.8 Å². The zero-order valence-electron chi connectivity index (χ0n) is 25.8. The minimum atomic E-state index is -4.42. The fourth-order valence-corrected chi connectivity index (χ4v) is 6.58. The molecule has 246 valence electrons. The number of aromatic nitrogens is 5. The number of carbonyl (C=O) groups excluding carboxylic acids is 1. The van der Waals surface area contributed by atoms with E-state index in [4.69, 9.17) is 4.74 Å². The number of esters is 1. The number of thioether (sulfide) groups is 1. The average molecular weight is 676 g/mol. The first-order valence-electron chi connectivity index (χ1n) is 15.0. The molecule has 0 saturated heterocycles. The molecule has 1 aliphatic carbocycles. The lowest BCUT2D eigenvalue weighted by atomic mass is 10.0. The molecule has 0 aliphatic heterocycles. The van der Waals surface area contributed by atoms with Gasteiger partial charge in [-0.15, -0.1) is 10.2 Å². The van der Waals surface area contributed by atoms with Gasteiger partial charge in [0.2, 0.25) is 0 Å². The quantitative estimate of drug-likeness (QED) is 0.0514. The SMILES string of the molecule is C=C(OC(C)=O)c1nnc(Cn2c(SCc3ccc(F)cc3)nc(=O)c3c2CCC3)n1Cc1ccc(-c2ccc(C(F)(F)F)cc2)cc1. The first kappa shape index (κ1) is 32.9. The monoisotopic (exact) mass is 675 g/mol. The zero-order valence-corrected chi connectivity index (χ0v) is 26.6. The Hall–Kier alpha value is -5.04. The topological polar surface area (TPSA) is 91.9 Å². The third kappa shape index (κ3) is 7.25. The van der Waals surface area contributed by atoms with Crippen molar-refractivity contribution >= 4 is 23.5 Å². The highest BCUT2D eigenvalue weighted by Crippen LogP contribution is 2.32. The van der Waals surface area contributed by atoms with Crippen LogP contribution < -0.4 is 5.56 Å². The summed E-state index contributed by atoms with van der Waals surface area (Å²) in [7, 11) is 0. The highest BCUT2D eigenvalue weighted by Gasteiger charge is 2.30. The molecule has 5 aromatic rings. The molecule has 6 rings (SSSR count). The molecule has 0 N–H and O–H groups in total. The molecule has 1 aliphatic rings. The lowest BCUT2D eigenvalue weighted by Gasteiger charge is -2.18. The van der Waals surface area contributed by atoms with Crippen LogP contribution in [0, 0.1) is 5.82 Å². The number of hydrogen-bond acceptors (Lipinski definition) is 7. The highest BCUT2D eigenvalue weighted by molar-refractivity contribution is 7.98. The van der Waals surface area contributed by atoms with Gasteiger partial charge in [-0.1, -0.05) is 66.9 Å². The Morgan fingerprint density at radius 1 is 0.896 bits per heavy atom. The second-order valence-corrected chi connectivity index (χ2v) is 12.2. The molecule has 13 heteroatoms. The number of halogens is 4. The van der Waals surface area contributed by atoms with Gasteiger partial charge in [-0.25, -0.2) is 4.39 Å². The summed E-state index contributed by atoms with van der Waals surface area (Å²) < 4.78 is 61.6. The predicted octanol–water partition coefficient (Wildman–Crippen LogP) is 7.07. The van der Waals surface area contributed by atoms with Crippen LogP contribution in [-0.4, -0.2) is 30.3 Å². The van der Waals surface area contributed by atoms with Crippen molar-refractivity contribution < 1.29 is 27.1 Å². The Bertz CT molecular complexity index is 2040. The largest absolute Gasteiger partial charge is 0.423 e. The lowest BCUT2D eigenvalue weighted by Crippen LogP contribution is -2.23. The smallest absolute Gasteiger partial charge is 0.416 e. The summed E-state index contributed by atoms with van der Waals surface area (Å²) in [6, 6.07) is 18.4. The second kappa shape index (κ2) is 13.6. The van der Waals surface area contributed by atoms with Crippen LogP contribution in [0.3, 0.4) is 0 Å². The van der Waals surface area contributed by atoms with Gasteiger partial charge in [0.05, 0.1) is 18.7 Å². The van der Waals surface area contributed by atoms with Crippen molar-refractivity contribution in [2.75, 3.05) is 0 Å². The Morgan fingerprint density at radius 3 is 2.19 bits per heavy atom. The number of alkyl halides is 3. The summed E-state index contributed by atoms with van der Waals surface area (Å²) in [6.45, 7) is 5.59. The van der Waals surface area contributed by atoms with Gasteiger partial charge in [0.15, 0.2) is 22.6 Å². The van der Waals surface area contributed by atoms with E-state index in [2.05, 4.69) is 21.8 Å². The maximum Gasteiger partial charge on any atom is 0.416 e. The number of ether oxygens (including phenoxy) is 1. The van der Waals surface area contributed by atoms with E-state index in [1.54, 1.807) is 16.7 Å². The standard InChI is InChI=1S/C35H29F4N5O3S/c1-21(47-22(2)45)32-42-41-31(44(32)18-23-6-10-25(11-7-23)26-12-14-27(15-13-26)35(37,38)39)19-43-30-5-3-4-29(30)33(46)40-34(43)48-20-24-8-16-28(36)17-9-24/h6-17H,1,3-5,18-20H2,2H3. The van der Waals surface area contributed by atoms with E-state index in [1.165, 1.54) is 43.0 Å². The number of carbonyl (C=O) groups is 1. The van der Waals surface area contributed by atoms with E-state index in [9.17, 15) is 27.2 Å². The first-order chi connectivity index (χ1) is 23.0. The Labute approximate surface area is 277 Å². The molecule has 0 bridgehead atoms. The van der Waals surface area contributed by atoms with Gasteiger partial charge in [-0.2, -0.15) is 18.2 Å². The minimum Gasteiger partial charge on any atom is -0.423 e. The van der Waals surface area contributed by atoms with Crippen molar-refractivity contribution in [3.8, 4) is 11.1 Å². The number of hydrogen-bond donors (Lipinski definition) is 0. The molecule has 2 aromatic heterocycles. The molecule has 0 unspecified atom stereocenters. The summed E-state index contributed by atoms with van der Waals surface area (Å²) in [4.78, 5) is 29.2. The van der Waals surface area contributed by atoms with Gasteiger partial charge in [-0.05, 0) is 65.8 Å². The Morgan fingerprint density at radius 2 is 1.54 bits per heavy atom. The van der Waals surface area contributed by atoms with Crippen LogP contribution in [0.1, 0.15) is 52.9 Å². The van der Waals surface area contributed by atoms with Crippen molar-refractivity contribution in [3.63, 3.8) is 0 Å². The van der Waals surface area contributed by atoms with Crippen LogP contribution >= 0.6 is 11.8 Å². The number of nitrogens with zero attached hydrogens (tertiary/aromatic N) is 5. The van der Waals surface area contributed by atoms with Crippen LogP contribution in [0.25, 0.3) is 16.9 Å². The van der Waals surface area contributed by atoms with Crippen molar-refractivity contribution in [2.45, 2.75) is 56.4 Å².